The van der Waals surface area contributed by atoms with E-state index in [0.717, 1.165) is 74.2 Å². The van der Waals surface area contributed by atoms with Gasteiger partial charge in [0.1, 0.15) is 28.9 Å². The van der Waals surface area contributed by atoms with E-state index in [4.69, 9.17) is 9.47 Å². The van der Waals surface area contributed by atoms with Crippen molar-refractivity contribution in [3.63, 3.8) is 0 Å². The van der Waals surface area contributed by atoms with Gasteiger partial charge in [-0.15, -0.1) is 0 Å². The number of anilines is 4. The van der Waals surface area contributed by atoms with Crippen LogP contribution in [-0.4, -0.2) is 101 Å². The van der Waals surface area contributed by atoms with E-state index in [1.807, 2.05) is 32.9 Å². The lowest BCUT2D eigenvalue weighted by Crippen LogP contribution is -2.51. The van der Waals surface area contributed by atoms with E-state index in [-0.39, 0.29) is 65.0 Å². The number of aromatic nitrogens is 2. The number of nitrogens with one attached hydrogen (secondary N) is 5. The number of ether oxygens (including phenoxy) is 2. The van der Waals surface area contributed by atoms with Crippen molar-refractivity contribution in [2.75, 3.05) is 50.5 Å². The number of nitrogens with zero attached hydrogens (tertiary/aromatic N) is 4. The van der Waals surface area contributed by atoms with Crippen LogP contribution in [0.2, 0.25) is 0 Å². The van der Waals surface area contributed by atoms with E-state index in [2.05, 4.69) is 48.0 Å². The Bertz CT molecular complexity index is 2600. The minimum atomic E-state index is -4.77. The molecule has 0 radical (unpaired) electrons. The summed E-state index contributed by atoms with van der Waals surface area (Å²) in [7, 11) is 1.44. The predicted molar refractivity (Wildman–Crippen MR) is 253 cm³/mol. The standard InChI is InChI=1S/C50H58F3N9O7/c1-29(2)69-41-26-35(30(3)25-38(41)59-49-56-27-36(50(51,52)53)44(60-49)58-37-15-9-8-13-33(37)45(64)54-5)32-19-23-61(24-20-32)22-11-7-6-10-21-55-42(63)28-68-40-16-12-14-34-43(40)48(67)62(47(34)66)39-18-17-31(4)57-46(39)65/h8-9,12-16,25-27,29,32,39H,4,6-7,10-11,17-24,28H2,1-3,5H3,(H,54,64)(H,55,63)(H,57,65)(H2,56,58,59,60). The van der Waals surface area contributed by atoms with E-state index in [1.54, 1.807) is 18.2 Å². The number of fused-ring (bicyclic) bond motifs is 1. The number of para-hydroxylation sites is 1. The first kappa shape index (κ1) is 49.9. The fourth-order valence-electron chi connectivity index (χ4n) is 8.90. The van der Waals surface area contributed by atoms with Gasteiger partial charge in [-0.1, -0.05) is 37.6 Å². The number of halogens is 3. The average molecular weight is 954 g/mol. The van der Waals surface area contributed by atoms with Crippen molar-refractivity contribution in [2.45, 2.75) is 96.4 Å². The number of alkyl halides is 3. The van der Waals surface area contributed by atoms with Gasteiger partial charge in [-0.2, -0.15) is 18.2 Å². The molecule has 69 heavy (non-hydrogen) atoms. The fraction of sp³-hybridized carbons (Fsp3) is 0.420. The third-order valence-electron chi connectivity index (χ3n) is 12.4. The van der Waals surface area contributed by atoms with Crippen molar-refractivity contribution in [2.24, 2.45) is 0 Å². The lowest BCUT2D eigenvalue weighted by Gasteiger charge is -2.33. The highest BCUT2D eigenvalue weighted by Gasteiger charge is 2.45. The van der Waals surface area contributed by atoms with Gasteiger partial charge in [0.05, 0.1) is 34.2 Å². The number of piperidine rings is 2. The molecular weight excluding hydrogens is 896 g/mol. The summed E-state index contributed by atoms with van der Waals surface area (Å²) < 4.78 is 54.4. The van der Waals surface area contributed by atoms with Gasteiger partial charge in [-0.05, 0) is 132 Å². The highest BCUT2D eigenvalue weighted by molar-refractivity contribution is 6.24. The van der Waals surface area contributed by atoms with E-state index >= 15 is 0 Å². The molecule has 1 unspecified atom stereocenters. The molecule has 19 heteroatoms. The Labute approximate surface area is 398 Å². The van der Waals surface area contributed by atoms with Crippen LogP contribution in [0.15, 0.2) is 73.1 Å². The molecule has 3 aliphatic rings. The number of carbonyl (C=O) groups is 5. The summed E-state index contributed by atoms with van der Waals surface area (Å²) in [5.41, 5.74) is 2.57. The fourth-order valence-corrected chi connectivity index (χ4v) is 8.90. The lowest BCUT2D eigenvalue weighted by molar-refractivity contribution is -0.137. The summed E-state index contributed by atoms with van der Waals surface area (Å²) in [6, 6.07) is 13.8. The van der Waals surface area contributed by atoms with E-state index in [9.17, 15) is 37.1 Å². The maximum Gasteiger partial charge on any atom is 0.421 e. The quantitative estimate of drug-likeness (QED) is 0.0454. The van der Waals surface area contributed by atoms with Crippen LogP contribution < -0.4 is 36.1 Å². The van der Waals surface area contributed by atoms with Gasteiger partial charge in [-0.3, -0.25) is 28.9 Å². The van der Waals surface area contributed by atoms with Gasteiger partial charge in [-0.25, -0.2) is 4.98 Å². The van der Waals surface area contributed by atoms with Crippen molar-refractivity contribution >= 4 is 52.7 Å². The molecule has 4 heterocycles. The SMILES string of the molecule is C=C1CCC(N2C(=O)c3cccc(OCC(=O)NCCCCCCN4CCC(c5cc(OC(C)C)c(Nc6ncc(C(F)(F)F)c(Nc7ccccc7C(=O)NC)n6)cc5C)CC4)c3C2=O)C(=O)N1. The highest BCUT2D eigenvalue weighted by atomic mass is 19.4. The van der Waals surface area contributed by atoms with Crippen LogP contribution in [0.1, 0.15) is 119 Å². The zero-order chi connectivity index (χ0) is 49.4. The molecular formula is C50H58F3N9O7. The van der Waals surface area contributed by atoms with Crippen LogP contribution in [0.5, 0.6) is 11.5 Å². The van der Waals surface area contributed by atoms with E-state index < -0.39 is 47.2 Å². The van der Waals surface area contributed by atoms with Crippen LogP contribution in [0.3, 0.4) is 0 Å². The molecule has 3 aromatic carbocycles. The van der Waals surface area contributed by atoms with Crippen molar-refractivity contribution < 1.29 is 46.6 Å². The molecule has 0 spiro atoms. The van der Waals surface area contributed by atoms with Gasteiger partial charge in [0.2, 0.25) is 11.9 Å². The minimum absolute atomic E-state index is 0.0472. The largest absolute Gasteiger partial charge is 0.489 e. The molecule has 7 rings (SSSR count). The molecule has 0 saturated carbocycles. The number of benzene rings is 3. The van der Waals surface area contributed by atoms with Gasteiger partial charge in [0.25, 0.3) is 23.6 Å². The summed E-state index contributed by atoms with van der Waals surface area (Å²) in [6.07, 6.45) is 2.08. The number of aryl methyl sites for hydroxylation is 1. The maximum atomic E-state index is 14.2. The summed E-state index contributed by atoms with van der Waals surface area (Å²) in [4.78, 5) is 75.9. The maximum absolute atomic E-state index is 14.2. The zero-order valence-electron chi connectivity index (χ0n) is 39.2. The van der Waals surface area contributed by atoms with Gasteiger partial charge in [0, 0.05) is 25.5 Å². The van der Waals surface area contributed by atoms with Crippen LogP contribution in [-0.2, 0) is 15.8 Å². The molecule has 5 N–H and O–H groups in total. The number of hydrogen-bond donors (Lipinski definition) is 5. The number of amides is 5. The van der Waals surface area contributed by atoms with Gasteiger partial charge >= 0.3 is 6.18 Å². The third-order valence-corrected chi connectivity index (χ3v) is 12.4. The molecule has 2 saturated heterocycles. The molecule has 2 fully saturated rings. The molecule has 0 bridgehead atoms. The Morgan fingerprint density at radius 3 is 2.41 bits per heavy atom. The average Bonchev–Trinajstić information content (AvgIpc) is 3.57. The van der Waals surface area contributed by atoms with Crippen molar-refractivity contribution in [1.82, 2.24) is 35.7 Å². The second kappa shape index (κ2) is 21.9. The number of carbonyl (C=O) groups excluding carboxylic acids is 5. The van der Waals surface area contributed by atoms with Crippen LogP contribution in [0, 0.1) is 6.92 Å². The summed E-state index contributed by atoms with van der Waals surface area (Å²) in [6.45, 7) is 12.5. The summed E-state index contributed by atoms with van der Waals surface area (Å²) >= 11 is 0. The van der Waals surface area contributed by atoms with E-state index in [1.165, 1.54) is 31.3 Å². The van der Waals surface area contributed by atoms with Crippen molar-refractivity contribution in [3.05, 3.63) is 106 Å². The zero-order valence-corrected chi connectivity index (χ0v) is 39.2. The molecule has 1 atom stereocenters. The molecule has 16 nitrogen and oxygen atoms in total. The Kier molecular flexibility index (Phi) is 15.9. The summed E-state index contributed by atoms with van der Waals surface area (Å²) in [5, 5.41) is 13.8. The second-order valence-electron chi connectivity index (χ2n) is 17.7. The van der Waals surface area contributed by atoms with Crippen LogP contribution in [0.4, 0.5) is 36.3 Å². The van der Waals surface area contributed by atoms with Crippen molar-refractivity contribution in [3.8, 4) is 11.5 Å². The molecule has 0 aliphatic carbocycles. The lowest BCUT2D eigenvalue weighted by atomic mass is 9.86. The smallest absolute Gasteiger partial charge is 0.421 e. The highest BCUT2D eigenvalue weighted by Crippen LogP contribution is 2.40. The Balaban J connectivity index is 0.858. The first-order chi connectivity index (χ1) is 33.0. The minimum Gasteiger partial charge on any atom is -0.489 e. The van der Waals surface area contributed by atoms with Gasteiger partial charge < -0.3 is 41.0 Å². The normalized spacial score (nSPS) is 16.6. The van der Waals surface area contributed by atoms with E-state index in [0.29, 0.717) is 36.3 Å². The third kappa shape index (κ3) is 12.0. The van der Waals surface area contributed by atoms with Gasteiger partial charge in [0.15, 0.2) is 6.61 Å². The molecule has 1 aromatic heterocycles. The van der Waals surface area contributed by atoms with Crippen molar-refractivity contribution in [1.29, 1.82) is 0 Å². The molecule has 5 amide bonds. The topological polar surface area (TPSA) is 196 Å². The number of likely N-dealkylation sites (tertiary alicyclic amines) is 1. The number of rotatable bonds is 19. The second-order valence-corrected chi connectivity index (χ2v) is 17.7. The Morgan fingerprint density at radius 2 is 1.68 bits per heavy atom. The number of allylic oxidation sites excluding steroid dienone is 1. The predicted octanol–water partition coefficient (Wildman–Crippen LogP) is 7.76. The molecule has 4 aromatic rings. The number of imide groups is 1. The first-order valence-corrected chi connectivity index (χ1v) is 23.2. The monoisotopic (exact) mass is 953 g/mol. The Hall–Kier alpha value is -7.02. The molecule has 366 valence electrons. The first-order valence-electron chi connectivity index (χ1n) is 23.2. The number of unbranched alkanes of at least 4 members (excludes halogenated alkanes) is 3. The van der Waals surface area contributed by atoms with Crippen LogP contribution in [0.25, 0.3) is 0 Å². The Morgan fingerprint density at radius 1 is 0.928 bits per heavy atom. The summed E-state index contributed by atoms with van der Waals surface area (Å²) in [5.74, 6) is -2.17. The number of hydrogen-bond acceptors (Lipinski definition) is 12. The molecule has 3 aliphatic heterocycles. The van der Waals surface area contributed by atoms with Crippen LogP contribution >= 0.6 is 0 Å².